The summed E-state index contributed by atoms with van der Waals surface area (Å²) in [6.45, 7) is 3.93. The molecule has 3 amide bonds. The molecule has 1 fully saturated rings. The predicted molar refractivity (Wildman–Crippen MR) is 171 cm³/mol. The Labute approximate surface area is 256 Å². The highest BCUT2D eigenvalue weighted by molar-refractivity contribution is 14.1. The summed E-state index contributed by atoms with van der Waals surface area (Å²) in [5, 5.41) is 4.57. The first-order valence-corrected chi connectivity index (χ1v) is 14.7. The van der Waals surface area contributed by atoms with Crippen LogP contribution < -0.4 is 14.8 Å². The van der Waals surface area contributed by atoms with Gasteiger partial charge in [0.05, 0.1) is 15.6 Å². The second-order valence-electron chi connectivity index (χ2n) is 9.62. The SMILES string of the molecule is COc1cc(/C=C2/SC(=O)N(CC(=O)Nc3ccc(C)c(C)c3)C2=O)cc(I)c1OCc1ccc2ccccc2c1. The third kappa shape index (κ3) is 6.57. The first-order chi connectivity index (χ1) is 19.7. The van der Waals surface area contributed by atoms with E-state index in [0.29, 0.717) is 29.4 Å². The fourth-order valence-corrected chi connectivity index (χ4v) is 6.02. The molecule has 5 rings (SSSR count). The number of nitrogens with zero attached hydrogens (tertiary/aromatic N) is 1. The van der Waals surface area contributed by atoms with Crippen molar-refractivity contribution in [3.8, 4) is 11.5 Å². The number of nitrogens with one attached hydrogen (secondary N) is 1. The molecule has 0 aromatic heterocycles. The van der Waals surface area contributed by atoms with E-state index in [1.807, 2.05) is 50.2 Å². The predicted octanol–water partition coefficient (Wildman–Crippen LogP) is 7.32. The van der Waals surface area contributed by atoms with Gasteiger partial charge >= 0.3 is 0 Å². The number of hydrogen-bond donors (Lipinski definition) is 1. The van der Waals surface area contributed by atoms with Crippen LogP contribution in [0.15, 0.2) is 77.7 Å². The number of methoxy groups -OCH3 is 1. The van der Waals surface area contributed by atoms with E-state index in [4.69, 9.17) is 9.47 Å². The van der Waals surface area contributed by atoms with Crippen molar-refractivity contribution in [2.75, 3.05) is 19.0 Å². The van der Waals surface area contributed by atoms with Gasteiger partial charge in [-0.15, -0.1) is 0 Å². The summed E-state index contributed by atoms with van der Waals surface area (Å²) < 4.78 is 12.5. The molecule has 1 aliphatic rings. The van der Waals surface area contributed by atoms with Crippen LogP contribution in [0.2, 0.25) is 0 Å². The quantitative estimate of drug-likeness (QED) is 0.155. The molecule has 1 saturated heterocycles. The number of carbonyl (C=O) groups excluding carboxylic acids is 3. The second kappa shape index (κ2) is 12.4. The van der Waals surface area contributed by atoms with Gasteiger partial charge < -0.3 is 14.8 Å². The summed E-state index contributed by atoms with van der Waals surface area (Å²) in [5.74, 6) is 0.146. The summed E-state index contributed by atoms with van der Waals surface area (Å²) in [5.41, 5.74) is 4.46. The van der Waals surface area contributed by atoms with Crippen molar-refractivity contribution in [3.63, 3.8) is 0 Å². The molecule has 0 radical (unpaired) electrons. The third-order valence-corrected chi connectivity index (χ3v) is 8.42. The molecule has 1 aliphatic heterocycles. The molecule has 1 N–H and O–H groups in total. The number of amides is 3. The van der Waals surface area contributed by atoms with Crippen LogP contribution in [0.25, 0.3) is 16.8 Å². The number of thioether (sulfide) groups is 1. The molecule has 0 aliphatic carbocycles. The number of halogens is 1. The molecule has 4 aromatic rings. The average Bonchev–Trinajstić information content (AvgIpc) is 3.21. The van der Waals surface area contributed by atoms with Gasteiger partial charge in [-0.05, 0) is 118 Å². The highest BCUT2D eigenvalue weighted by atomic mass is 127. The van der Waals surface area contributed by atoms with Gasteiger partial charge in [0.25, 0.3) is 11.1 Å². The molecule has 41 heavy (non-hydrogen) atoms. The highest BCUT2D eigenvalue weighted by Crippen LogP contribution is 2.38. The topological polar surface area (TPSA) is 84.9 Å². The smallest absolute Gasteiger partial charge is 0.294 e. The van der Waals surface area contributed by atoms with Crippen molar-refractivity contribution in [3.05, 3.63) is 104 Å². The van der Waals surface area contributed by atoms with Crippen molar-refractivity contribution in [1.29, 1.82) is 0 Å². The van der Waals surface area contributed by atoms with Gasteiger partial charge in [-0.3, -0.25) is 19.3 Å². The maximum Gasteiger partial charge on any atom is 0.294 e. The lowest BCUT2D eigenvalue weighted by atomic mass is 10.1. The summed E-state index contributed by atoms with van der Waals surface area (Å²) in [6, 6.07) is 23.5. The van der Waals surface area contributed by atoms with Crippen LogP contribution in [0.4, 0.5) is 10.5 Å². The number of imide groups is 1. The van der Waals surface area contributed by atoms with Crippen molar-refractivity contribution in [2.45, 2.75) is 20.5 Å². The fourth-order valence-electron chi connectivity index (χ4n) is 4.40. The number of carbonyl (C=O) groups is 3. The van der Waals surface area contributed by atoms with Gasteiger partial charge in [0.15, 0.2) is 11.5 Å². The van der Waals surface area contributed by atoms with Gasteiger partial charge in [-0.25, -0.2) is 0 Å². The van der Waals surface area contributed by atoms with Crippen molar-refractivity contribution < 1.29 is 23.9 Å². The number of anilines is 1. The van der Waals surface area contributed by atoms with Gasteiger partial charge in [0.1, 0.15) is 13.2 Å². The van der Waals surface area contributed by atoms with E-state index in [2.05, 4.69) is 52.2 Å². The Morgan fingerprint density at radius 1 is 0.976 bits per heavy atom. The highest BCUT2D eigenvalue weighted by Gasteiger charge is 2.36. The molecule has 0 saturated carbocycles. The molecular formula is C32H27IN2O5S. The Hall–Kier alpha value is -3.83. The molecule has 0 bridgehead atoms. The van der Waals surface area contributed by atoms with Gasteiger partial charge in [-0.2, -0.15) is 0 Å². The van der Waals surface area contributed by atoms with Crippen LogP contribution in [-0.2, 0) is 16.2 Å². The van der Waals surface area contributed by atoms with E-state index in [-0.39, 0.29) is 11.4 Å². The number of benzene rings is 4. The summed E-state index contributed by atoms with van der Waals surface area (Å²) in [6.07, 6.45) is 1.63. The lowest BCUT2D eigenvalue weighted by molar-refractivity contribution is -0.127. The van der Waals surface area contributed by atoms with Gasteiger partial charge in [-0.1, -0.05) is 42.5 Å². The summed E-state index contributed by atoms with van der Waals surface area (Å²) >= 11 is 2.97. The first kappa shape index (κ1) is 28.7. The second-order valence-corrected chi connectivity index (χ2v) is 11.8. The Morgan fingerprint density at radius 3 is 2.51 bits per heavy atom. The Kier molecular flexibility index (Phi) is 8.65. The van der Waals surface area contributed by atoms with Crippen molar-refractivity contribution in [2.24, 2.45) is 0 Å². The summed E-state index contributed by atoms with van der Waals surface area (Å²) in [4.78, 5) is 39.4. The third-order valence-electron chi connectivity index (χ3n) is 6.71. The Morgan fingerprint density at radius 2 is 1.76 bits per heavy atom. The van der Waals surface area contributed by atoms with E-state index < -0.39 is 17.1 Å². The van der Waals surface area contributed by atoms with Gasteiger partial charge in [0, 0.05) is 5.69 Å². The number of rotatable bonds is 8. The zero-order valence-electron chi connectivity index (χ0n) is 22.7. The largest absolute Gasteiger partial charge is 0.493 e. The van der Waals surface area contributed by atoms with E-state index in [0.717, 1.165) is 42.3 Å². The molecule has 0 atom stereocenters. The normalized spacial score (nSPS) is 14.1. The number of fused-ring (bicyclic) bond motifs is 1. The first-order valence-electron chi connectivity index (χ1n) is 12.8. The van der Waals surface area contributed by atoms with E-state index in [9.17, 15) is 14.4 Å². The number of aryl methyl sites for hydroxylation is 2. The van der Waals surface area contributed by atoms with E-state index >= 15 is 0 Å². The molecule has 208 valence electrons. The van der Waals surface area contributed by atoms with Crippen LogP contribution in [0.5, 0.6) is 11.5 Å². The maximum atomic E-state index is 13.0. The van der Waals surface area contributed by atoms with Crippen LogP contribution >= 0.6 is 34.4 Å². The van der Waals surface area contributed by atoms with Gasteiger partial charge in [0.2, 0.25) is 5.91 Å². The van der Waals surface area contributed by atoms with Crippen molar-refractivity contribution in [1.82, 2.24) is 4.90 Å². The van der Waals surface area contributed by atoms with Crippen molar-refractivity contribution >= 4 is 73.9 Å². The maximum absolute atomic E-state index is 13.0. The minimum Gasteiger partial charge on any atom is -0.493 e. The molecule has 9 heteroatoms. The van der Waals surface area contributed by atoms with E-state index in [1.54, 1.807) is 25.3 Å². The molecule has 0 unspecified atom stereocenters. The van der Waals surface area contributed by atoms with Crippen LogP contribution in [0.3, 0.4) is 0 Å². The molecule has 0 spiro atoms. The van der Waals surface area contributed by atoms with Crippen LogP contribution in [0, 0.1) is 17.4 Å². The molecular weight excluding hydrogens is 651 g/mol. The minimum absolute atomic E-state index is 0.233. The fraction of sp³-hybridized carbons (Fsp3) is 0.156. The standard InChI is InChI=1S/C32H27IN2O5S/c1-19-8-11-25(12-20(19)2)34-29(36)17-35-31(37)28(41-32(35)38)16-22-14-26(33)30(27(15-22)39-3)40-18-21-9-10-23-6-4-5-7-24(23)13-21/h4-16H,17-18H2,1-3H3,(H,34,36)/b28-16+. The lowest BCUT2D eigenvalue weighted by Gasteiger charge is -2.14. The Bertz CT molecular complexity index is 1720. The zero-order chi connectivity index (χ0) is 29.1. The summed E-state index contributed by atoms with van der Waals surface area (Å²) in [7, 11) is 1.56. The number of hydrogen-bond acceptors (Lipinski definition) is 6. The zero-order valence-corrected chi connectivity index (χ0v) is 25.7. The monoisotopic (exact) mass is 678 g/mol. The molecule has 7 nitrogen and oxygen atoms in total. The average molecular weight is 679 g/mol. The Balaban J connectivity index is 1.28. The number of ether oxygens (including phenoxy) is 2. The minimum atomic E-state index is -0.513. The molecule has 4 aromatic carbocycles. The molecule has 1 heterocycles. The van der Waals surface area contributed by atoms with E-state index in [1.165, 1.54) is 5.39 Å². The van der Waals surface area contributed by atoms with Crippen LogP contribution in [-0.4, -0.2) is 35.6 Å². The lowest BCUT2D eigenvalue weighted by Crippen LogP contribution is -2.36. The van der Waals surface area contributed by atoms with Crippen LogP contribution in [0.1, 0.15) is 22.3 Å².